The molecule has 0 atom stereocenters. The molecule has 2 aromatic carbocycles. The number of ether oxygens (including phenoxy) is 3. The molecule has 0 saturated carbocycles. The first-order valence-corrected chi connectivity index (χ1v) is 11.6. The third-order valence-corrected chi connectivity index (χ3v) is 5.63. The van der Waals surface area contributed by atoms with E-state index in [0.29, 0.717) is 28.3 Å². The molecule has 10 nitrogen and oxygen atoms in total. The molecule has 15 heteroatoms. The van der Waals surface area contributed by atoms with E-state index in [1.807, 2.05) is 0 Å². The summed E-state index contributed by atoms with van der Waals surface area (Å²) in [5, 5.41) is 3.38. The van der Waals surface area contributed by atoms with Crippen molar-refractivity contribution in [2.75, 3.05) is 31.3 Å². The third-order valence-electron chi connectivity index (χ3n) is 4.18. The summed E-state index contributed by atoms with van der Waals surface area (Å²) in [5.74, 6) is -0.756. The number of nitrogens with zero attached hydrogens (tertiary/aromatic N) is 2. The molecular formula is C20H19ClF3N3O7S. The molecule has 0 saturated heterocycles. The zero-order valence-corrected chi connectivity index (χ0v) is 20.0. The lowest BCUT2D eigenvalue weighted by Crippen LogP contribution is -2.39. The Morgan fingerprint density at radius 3 is 2.40 bits per heavy atom. The van der Waals surface area contributed by atoms with Crippen LogP contribution in [0.4, 0.5) is 23.7 Å². The van der Waals surface area contributed by atoms with Gasteiger partial charge >= 0.3 is 12.3 Å². The van der Waals surface area contributed by atoms with Crippen molar-refractivity contribution in [1.82, 2.24) is 5.43 Å². The van der Waals surface area contributed by atoms with Crippen LogP contribution in [0.15, 0.2) is 41.5 Å². The van der Waals surface area contributed by atoms with Crippen molar-refractivity contribution in [1.29, 1.82) is 0 Å². The first kappa shape index (κ1) is 27.7. The summed E-state index contributed by atoms with van der Waals surface area (Å²) in [5.41, 5.74) is 0.803. The fourth-order valence-corrected chi connectivity index (χ4v) is 3.72. The molecule has 0 aliphatic heterocycles. The van der Waals surface area contributed by atoms with Gasteiger partial charge in [-0.3, -0.25) is 9.10 Å². The van der Waals surface area contributed by atoms with E-state index in [2.05, 4.69) is 15.3 Å². The van der Waals surface area contributed by atoms with E-state index in [0.717, 1.165) is 13.2 Å². The number of rotatable bonds is 8. The van der Waals surface area contributed by atoms with Gasteiger partial charge in [0, 0.05) is 0 Å². The minimum absolute atomic E-state index is 0.0577. The largest absolute Gasteiger partial charge is 0.513 e. The number of amides is 1. The van der Waals surface area contributed by atoms with Crippen LogP contribution in [0.25, 0.3) is 0 Å². The van der Waals surface area contributed by atoms with Crippen LogP contribution in [-0.4, -0.2) is 53.7 Å². The van der Waals surface area contributed by atoms with Gasteiger partial charge in [0.2, 0.25) is 10.0 Å². The molecule has 2 rings (SSSR count). The molecular weight excluding hydrogens is 519 g/mol. The van der Waals surface area contributed by atoms with Gasteiger partial charge in [-0.15, -0.1) is 0 Å². The monoisotopic (exact) mass is 537 g/mol. The quantitative estimate of drug-likeness (QED) is 0.237. The van der Waals surface area contributed by atoms with Gasteiger partial charge in [-0.2, -0.15) is 18.3 Å². The average molecular weight is 538 g/mol. The first-order valence-electron chi connectivity index (χ1n) is 9.36. The predicted molar refractivity (Wildman–Crippen MR) is 120 cm³/mol. The van der Waals surface area contributed by atoms with Crippen LogP contribution in [0.5, 0.6) is 11.5 Å². The highest BCUT2D eigenvalue weighted by atomic mass is 35.5. The van der Waals surface area contributed by atoms with Crippen LogP contribution in [0.1, 0.15) is 11.1 Å². The Hall–Kier alpha value is -3.52. The molecule has 1 amide bonds. The number of alkyl halides is 3. The van der Waals surface area contributed by atoms with E-state index in [1.54, 1.807) is 0 Å². The van der Waals surface area contributed by atoms with Crippen molar-refractivity contribution in [2.45, 2.75) is 6.18 Å². The topological polar surface area (TPSA) is 124 Å². The number of hydrogen-bond donors (Lipinski definition) is 1. The Bertz CT molecular complexity index is 1240. The molecule has 0 heterocycles. The summed E-state index contributed by atoms with van der Waals surface area (Å²) >= 11 is 5.91. The molecule has 0 aliphatic carbocycles. The van der Waals surface area contributed by atoms with E-state index in [9.17, 15) is 31.2 Å². The summed E-state index contributed by atoms with van der Waals surface area (Å²) in [6.07, 6.45) is -3.84. The lowest BCUT2D eigenvalue weighted by Gasteiger charge is -2.23. The number of methoxy groups -OCH3 is 2. The lowest BCUT2D eigenvalue weighted by molar-refractivity contribution is -0.137. The van der Waals surface area contributed by atoms with Crippen molar-refractivity contribution < 1.29 is 45.4 Å². The number of carbonyl (C=O) groups is 2. The summed E-state index contributed by atoms with van der Waals surface area (Å²) in [6, 6.07) is 6.35. The van der Waals surface area contributed by atoms with Crippen molar-refractivity contribution >= 4 is 45.6 Å². The Morgan fingerprint density at radius 2 is 1.83 bits per heavy atom. The van der Waals surface area contributed by atoms with Gasteiger partial charge in [-0.05, 0) is 42.0 Å². The average Bonchev–Trinajstić information content (AvgIpc) is 2.77. The number of hydrogen-bond acceptors (Lipinski definition) is 8. The minimum atomic E-state index is -4.76. The minimum Gasteiger partial charge on any atom is -0.493 e. The van der Waals surface area contributed by atoms with E-state index in [-0.39, 0.29) is 16.5 Å². The van der Waals surface area contributed by atoms with Crippen LogP contribution in [-0.2, 0) is 25.7 Å². The van der Waals surface area contributed by atoms with Crippen LogP contribution in [0.3, 0.4) is 0 Å². The number of carbonyl (C=O) groups excluding carboxylic acids is 2. The molecule has 0 fully saturated rings. The van der Waals surface area contributed by atoms with E-state index in [1.165, 1.54) is 31.5 Å². The second-order valence-corrected chi connectivity index (χ2v) is 9.01. The summed E-state index contributed by atoms with van der Waals surface area (Å²) in [7, 11) is -1.75. The third kappa shape index (κ3) is 7.75. The van der Waals surface area contributed by atoms with E-state index < -0.39 is 46.1 Å². The van der Waals surface area contributed by atoms with Crippen molar-refractivity contribution in [3.05, 3.63) is 52.5 Å². The van der Waals surface area contributed by atoms with Gasteiger partial charge in [0.25, 0.3) is 5.91 Å². The Balaban J connectivity index is 2.19. The van der Waals surface area contributed by atoms with Crippen molar-refractivity contribution in [3.63, 3.8) is 0 Å². The second-order valence-electron chi connectivity index (χ2n) is 6.69. The standard InChI is InChI=1S/C20H19ClF3N3O7S/c1-32-17-8-12(4-7-16(17)34-19(29)33-2)10-25-26-18(28)11-27(35(3,30)31)15-9-13(20(22,23)24)5-6-14(15)21/h4-10H,11H2,1-3H3,(H,26,28)/b25-10-. The molecule has 2 aromatic rings. The molecule has 35 heavy (non-hydrogen) atoms. The number of benzene rings is 2. The normalized spacial score (nSPS) is 11.7. The van der Waals surface area contributed by atoms with Gasteiger partial charge in [-0.25, -0.2) is 18.6 Å². The highest BCUT2D eigenvalue weighted by Crippen LogP contribution is 2.36. The van der Waals surface area contributed by atoms with Gasteiger partial charge in [0.1, 0.15) is 6.54 Å². The Labute approximate surface area is 203 Å². The number of nitrogens with one attached hydrogen (secondary N) is 1. The summed E-state index contributed by atoms with van der Waals surface area (Å²) in [6.45, 7) is -0.896. The Morgan fingerprint density at radius 1 is 1.14 bits per heavy atom. The van der Waals surface area contributed by atoms with E-state index in [4.69, 9.17) is 21.1 Å². The predicted octanol–water partition coefficient (Wildman–Crippen LogP) is 3.43. The van der Waals surface area contributed by atoms with Gasteiger partial charge in [-0.1, -0.05) is 11.6 Å². The van der Waals surface area contributed by atoms with Crippen molar-refractivity contribution in [3.8, 4) is 11.5 Å². The van der Waals surface area contributed by atoms with Crippen LogP contribution in [0.2, 0.25) is 5.02 Å². The zero-order valence-electron chi connectivity index (χ0n) is 18.4. The number of hydrazone groups is 1. The zero-order chi connectivity index (χ0) is 26.4. The van der Waals surface area contributed by atoms with E-state index >= 15 is 0 Å². The number of anilines is 1. The fourth-order valence-electron chi connectivity index (χ4n) is 2.59. The molecule has 0 aliphatic rings. The van der Waals surface area contributed by atoms with Crippen LogP contribution in [0, 0.1) is 0 Å². The highest BCUT2D eigenvalue weighted by Gasteiger charge is 2.33. The molecule has 0 unspecified atom stereocenters. The Kier molecular flexibility index (Phi) is 8.93. The van der Waals surface area contributed by atoms with Gasteiger partial charge in [0.05, 0.1) is 43.0 Å². The maximum Gasteiger partial charge on any atom is 0.513 e. The molecule has 0 spiro atoms. The maximum absolute atomic E-state index is 13.1. The fraction of sp³-hybridized carbons (Fsp3) is 0.250. The first-order chi connectivity index (χ1) is 16.3. The van der Waals surface area contributed by atoms with Gasteiger partial charge in [0.15, 0.2) is 11.5 Å². The lowest BCUT2D eigenvalue weighted by atomic mass is 10.2. The molecule has 0 bridgehead atoms. The van der Waals surface area contributed by atoms with Crippen LogP contribution < -0.4 is 19.2 Å². The SMILES string of the molecule is COC(=O)Oc1ccc(/C=N\NC(=O)CN(c2cc(C(F)(F)F)ccc2Cl)S(C)(=O)=O)cc1OC. The summed E-state index contributed by atoms with van der Waals surface area (Å²) < 4.78 is 78.4. The molecule has 190 valence electrons. The smallest absolute Gasteiger partial charge is 0.493 e. The van der Waals surface area contributed by atoms with Crippen LogP contribution >= 0.6 is 11.6 Å². The second kappa shape index (κ2) is 11.3. The number of sulfonamides is 1. The van der Waals surface area contributed by atoms with Crippen molar-refractivity contribution in [2.24, 2.45) is 5.10 Å². The number of halogens is 4. The highest BCUT2D eigenvalue weighted by molar-refractivity contribution is 7.92. The maximum atomic E-state index is 13.1. The molecule has 0 radical (unpaired) electrons. The molecule has 1 N–H and O–H groups in total. The van der Waals surface area contributed by atoms with Gasteiger partial charge < -0.3 is 14.2 Å². The summed E-state index contributed by atoms with van der Waals surface area (Å²) in [4.78, 5) is 23.5. The molecule has 0 aromatic heterocycles.